The van der Waals surface area contributed by atoms with Gasteiger partial charge in [0, 0.05) is 27.9 Å². The Labute approximate surface area is 161 Å². The molecule has 7 heteroatoms. The Hall–Kier alpha value is -3.25. The fourth-order valence-electron chi connectivity index (χ4n) is 2.55. The van der Waals surface area contributed by atoms with Gasteiger partial charge in [0.05, 0.1) is 26.0 Å². The topological polar surface area (TPSA) is 73.9 Å². The number of carbonyl (C=O) groups excluding carboxylic acids is 2. The molecule has 1 aliphatic heterocycles. The number of carbonyl (C=O) groups is 2. The predicted octanol–water partition coefficient (Wildman–Crippen LogP) is 4.06. The first-order valence-corrected chi connectivity index (χ1v) is 8.32. The van der Waals surface area contributed by atoms with Gasteiger partial charge in [-0.05, 0) is 36.4 Å². The smallest absolute Gasteiger partial charge is 0.337 e. The van der Waals surface area contributed by atoms with Crippen molar-refractivity contribution in [3.8, 4) is 11.5 Å². The van der Waals surface area contributed by atoms with E-state index in [0.717, 1.165) is 0 Å². The maximum Gasteiger partial charge on any atom is 0.337 e. The second-order valence-electron chi connectivity index (χ2n) is 5.57. The summed E-state index contributed by atoms with van der Waals surface area (Å²) in [6, 6.07) is 9.78. The summed E-state index contributed by atoms with van der Waals surface area (Å²) >= 11 is 6.10. The standard InChI is InChI=1S/C20H16ClNO5/c1-25-17-11-15(21)9-14-8-12(6-7-27-18(14)17)19(23)22-16-5-3-4-13(10-16)20(24)26-2/h3-11H,1-2H3,(H,22,23). The third-order valence-electron chi connectivity index (χ3n) is 3.82. The molecule has 0 fully saturated rings. The van der Waals surface area contributed by atoms with Crippen LogP contribution >= 0.6 is 11.6 Å². The molecular formula is C20H16ClNO5. The first-order chi connectivity index (χ1) is 13.0. The Morgan fingerprint density at radius 2 is 1.96 bits per heavy atom. The molecule has 27 heavy (non-hydrogen) atoms. The number of hydrogen-bond acceptors (Lipinski definition) is 5. The van der Waals surface area contributed by atoms with Crippen LogP contribution in [0.2, 0.25) is 5.02 Å². The molecule has 0 atom stereocenters. The van der Waals surface area contributed by atoms with Crippen molar-refractivity contribution in [1.29, 1.82) is 0 Å². The van der Waals surface area contributed by atoms with Crippen molar-refractivity contribution in [2.45, 2.75) is 0 Å². The molecule has 0 saturated heterocycles. The van der Waals surface area contributed by atoms with E-state index >= 15 is 0 Å². The van der Waals surface area contributed by atoms with E-state index in [1.165, 1.54) is 32.6 Å². The van der Waals surface area contributed by atoms with Crippen LogP contribution in [0, 0.1) is 0 Å². The highest BCUT2D eigenvalue weighted by Gasteiger charge is 2.17. The molecular weight excluding hydrogens is 370 g/mol. The van der Waals surface area contributed by atoms with Gasteiger partial charge in [-0.3, -0.25) is 4.79 Å². The van der Waals surface area contributed by atoms with Crippen LogP contribution in [0.1, 0.15) is 15.9 Å². The van der Waals surface area contributed by atoms with Crippen molar-refractivity contribution in [3.05, 3.63) is 70.5 Å². The third kappa shape index (κ3) is 4.12. The summed E-state index contributed by atoms with van der Waals surface area (Å²) in [5.41, 5.74) is 1.76. The molecule has 0 saturated carbocycles. The molecule has 0 aliphatic carbocycles. The van der Waals surface area contributed by atoms with Crippen LogP contribution in [-0.2, 0) is 9.53 Å². The largest absolute Gasteiger partial charge is 0.493 e. The predicted molar refractivity (Wildman–Crippen MR) is 102 cm³/mol. The zero-order valence-electron chi connectivity index (χ0n) is 14.6. The van der Waals surface area contributed by atoms with Gasteiger partial charge in [0.1, 0.15) is 0 Å². The van der Waals surface area contributed by atoms with Crippen LogP contribution in [0.3, 0.4) is 0 Å². The van der Waals surface area contributed by atoms with Crippen LogP contribution < -0.4 is 14.8 Å². The molecule has 1 amide bonds. The van der Waals surface area contributed by atoms with Crippen molar-refractivity contribution in [3.63, 3.8) is 0 Å². The molecule has 1 heterocycles. The zero-order chi connectivity index (χ0) is 19.4. The maximum atomic E-state index is 12.7. The van der Waals surface area contributed by atoms with Crippen molar-refractivity contribution in [1.82, 2.24) is 0 Å². The molecule has 2 aromatic carbocycles. The lowest BCUT2D eigenvalue weighted by Gasteiger charge is -2.10. The number of benzene rings is 2. The van der Waals surface area contributed by atoms with Gasteiger partial charge in [-0.25, -0.2) is 4.79 Å². The number of rotatable bonds is 4. The fraction of sp³-hybridized carbons (Fsp3) is 0.100. The lowest BCUT2D eigenvalue weighted by atomic mass is 10.1. The normalized spacial score (nSPS) is 12.2. The molecule has 1 aliphatic rings. The SMILES string of the molecule is COC(=O)c1cccc(NC(=O)C2=Cc3cc(Cl)cc(OC)c3OC=C2)c1. The van der Waals surface area contributed by atoms with Gasteiger partial charge in [-0.1, -0.05) is 17.7 Å². The number of hydrogen-bond donors (Lipinski definition) is 1. The molecule has 2 aromatic rings. The van der Waals surface area contributed by atoms with Crippen molar-refractivity contribution >= 4 is 35.2 Å². The van der Waals surface area contributed by atoms with E-state index in [2.05, 4.69) is 10.1 Å². The van der Waals surface area contributed by atoms with Gasteiger partial charge in [0.15, 0.2) is 11.5 Å². The van der Waals surface area contributed by atoms with E-state index in [9.17, 15) is 9.59 Å². The number of ether oxygens (including phenoxy) is 3. The monoisotopic (exact) mass is 385 g/mol. The summed E-state index contributed by atoms with van der Waals surface area (Å²) in [6.45, 7) is 0. The molecule has 0 spiro atoms. The summed E-state index contributed by atoms with van der Waals surface area (Å²) in [5, 5.41) is 3.20. The minimum Gasteiger partial charge on any atom is -0.493 e. The van der Waals surface area contributed by atoms with E-state index in [1.807, 2.05) is 0 Å². The number of methoxy groups -OCH3 is 2. The van der Waals surface area contributed by atoms with Gasteiger partial charge in [-0.2, -0.15) is 0 Å². The first kappa shape index (κ1) is 18.5. The molecule has 0 unspecified atom stereocenters. The molecule has 138 valence electrons. The Balaban J connectivity index is 1.89. The summed E-state index contributed by atoms with van der Waals surface area (Å²) < 4.78 is 15.5. The summed E-state index contributed by atoms with van der Waals surface area (Å²) in [5.74, 6) is 0.0758. The van der Waals surface area contributed by atoms with E-state index in [-0.39, 0.29) is 5.91 Å². The summed E-state index contributed by atoms with van der Waals surface area (Å²) in [4.78, 5) is 24.3. The van der Waals surface area contributed by atoms with Crippen LogP contribution in [-0.4, -0.2) is 26.1 Å². The Morgan fingerprint density at radius 1 is 1.15 bits per heavy atom. The molecule has 0 aromatic heterocycles. The molecule has 6 nitrogen and oxygen atoms in total. The van der Waals surface area contributed by atoms with Crippen LogP contribution in [0.5, 0.6) is 11.5 Å². The van der Waals surface area contributed by atoms with Gasteiger partial charge in [0.25, 0.3) is 5.91 Å². The average Bonchev–Trinajstić information content (AvgIpc) is 2.89. The molecule has 3 rings (SSSR count). The quantitative estimate of drug-likeness (QED) is 0.803. The van der Waals surface area contributed by atoms with E-state index < -0.39 is 5.97 Å². The highest BCUT2D eigenvalue weighted by atomic mass is 35.5. The summed E-state index contributed by atoms with van der Waals surface area (Å²) in [7, 11) is 2.81. The lowest BCUT2D eigenvalue weighted by Crippen LogP contribution is -2.13. The Kier molecular flexibility index (Phi) is 5.47. The van der Waals surface area contributed by atoms with Gasteiger partial charge < -0.3 is 19.5 Å². The van der Waals surface area contributed by atoms with Crippen molar-refractivity contribution < 1.29 is 23.8 Å². The average molecular weight is 386 g/mol. The van der Waals surface area contributed by atoms with Gasteiger partial charge in [-0.15, -0.1) is 0 Å². The maximum absolute atomic E-state index is 12.7. The van der Waals surface area contributed by atoms with Crippen LogP contribution in [0.15, 0.2) is 54.3 Å². The van der Waals surface area contributed by atoms with Crippen molar-refractivity contribution in [2.24, 2.45) is 0 Å². The summed E-state index contributed by atoms with van der Waals surface area (Å²) in [6.07, 6.45) is 4.58. The van der Waals surface area contributed by atoms with Gasteiger partial charge in [0.2, 0.25) is 0 Å². The lowest BCUT2D eigenvalue weighted by molar-refractivity contribution is -0.112. The first-order valence-electron chi connectivity index (χ1n) is 7.94. The number of nitrogens with one attached hydrogen (secondary N) is 1. The highest BCUT2D eigenvalue weighted by molar-refractivity contribution is 6.31. The van der Waals surface area contributed by atoms with Gasteiger partial charge >= 0.3 is 5.97 Å². The van der Waals surface area contributed by atoms with E-state index in [0.29, 0.717) is 38.9 Å². The van der Waals surface area contributed by atoms with Crippen LogP contribution in [0.25, 0.3) is 6.08 Å². The van der Waals surface area contributed by atoms with Crippen LogP contribution in [0.4, 0.5) is 5.69 Å². The molecule has 0 bridgehead atoms. The van der Waals surface area contributed by atoms with E-state index in [4.69, 9.17) is 21.1 Å². The van der Waals surface area contributed by atoms with E-state index in [1.54, 1.807) is 36.4 Å². The molecule has 1 N–H and O–H groups in total. The minimum absolute atomic E-state index is 0.339. The second-order valence-corrected chi connectivity index (χ2v) is 6.01. The molecule has 0 radical (unpaired) electrons. The second kappa shape index (κ2) is 7.97. The highest BCUT2D eigenvalue weighted by Crippen LogP contribution is 2.37. The fourth-order valence-corrected chi connectivity index (χ4v) is 2.77. The Bertz CT molecular complexity index is 965. The minimum atomic E-state index is -0.483. The number of anilines is 1. The van der Waals surface area contributed by atoms with Crippen molar-refractivity contribution in [2.75, 3.05) is 19.5 Å². The zero-order valence-corrected chi connectivity index (χ0v) is 15.4. The number of halogens is 1. The number of esters is 1. The number of amides is 1. The number of fused-ring (bicyclic) bond motifs is 1. The third-order valence-corrected chi connectivity index (χ3v) is 4.03. The Morgan fingerprint density at radius 3 is 2.70 bits per heavy atom.